The van der Waals surface area contributed by atoms with Crippen LogP contribution in [0.15, 0.2) is 16.9 Å². The molecule has 1 unspecified atom stereocenters. The van der Waals surface area contributed by atoms with Crippen LogP contribution in [0.25, 0.3) is 0 Å². The molecule has 1 atom stereocenters. The van der Waals surface area contributed by atoms with E-state index >= 15 is 0 Å². The van der Waals surface area contributed by atoms with Gasteiger partial charge in [-0.25, -0.2) is 14.0 Å². The number of esters is 1. The number of amides is 1. The number of nitrogens with two attached hydrogens (primary N) is 1. The molecule has 0 fully saturated rings. The number of aliphatic imine (C=N–C) groups is 1. The fraction of sp³-hybridized carbons (Fsp3) is 0.688. The number of carbonyl (C=O) groups is 2. The van der Waals surface area contributed by atoms with Gasteiger partial charge in [-0.15, -0.1) is 0 Å². The van der Waals surface area contributed by atoms with Gasteiger partial charge >= 0.3 is 12.1 Å². The lowest BCUT2D eigenvalue weighted by Crippen LogP contribution is -2.53. The van der Waals surface area contributed by atoms with E-state index in [0.29, 0.717) is 0 Å². The SMILES string of the molecule is COC(=O)C(C)(CCC=C(F)CN=C(C)N)NC(=O)OC(C)(C)C. The topological polar surface area (TPSA) is 103 Å². The molecule has 0 rings (SSSR count). The molecule has 3 N–H and O–H groups in total. The van der Waals surface area contributed by atoms with Crippen molar-refractivity contribution in [2.45, 2.75) is 58.6 Å². The first-order valence-corrected chi connectivity index (χ1v) is 7.60. The van der Waals surface area contributed by atoms with Crippen LogP contribution in [0.2, 0.25) is 0 Å². The molecule has 0 saturated heterocycles. The van der Waals surface area contributed by atoms with E-state index in [1.807, 2.05) is 0 Å². The van der Waals surface area contributed by atoms with Gasteiger partial charge in [0.25, 0.3) is 0 Å². The first-order chi connectivity index (χ1) is 10.9. The summed E-state index contributed by atoms with van der Waals surface area (Å²) in [5, 5.41) is 2.49. The van der Waals surface area contributed by atoms with Gasteiger partial charge in [-0.05, 0) is 47.5 Å². The van der Waals surface area contributed by atoms with Gasteiger partial charge in [-0.1, -0.05) is 6.08 Å². The van der Waals surface area contributed by atoms with E-state index in [-0.39, 0.29) is 25.2 Å². The van der Waals surface area contributed by atoms with Crippen molar-refractivity contribution in [3.63, 3.8) is 0 Å². The summed E-state index contributed by atoms with van der Waals surface area (Å²) in [4.78, 5) is 27.6. The maximum Gasteiger partial charge on any atom is 0.408 e. The molecule has 0 aliphatic heterocycles. The number of rotatable bonds is 7. The molecular weight excluding hydrogens is 317 g/mol. The molecule has 1 amide bonds. The van der Waals surface area contributed by atoms with Gasteiger partial charge in [0, 0.05) is 0 Å². The first kappa shape index (κ1) is 21.9. The maximum atomic E-state index is 13.6. The fourth-order valence-corrected chi connectivity index (χ4v) is 1.75. The Morgan fingerprint density at radius 1 is 1.29 bits per heavy atom. The average Bonchev–Trinajstić information content (AvgIpc) is 2.41. The Balaban J connectivity index is 4.88. The van der Waals surface area contributed by atoms with Crippen molar-refractivity contribution < 1.29 is 23.5 Å². The second kappa shape index (κ2) is 9.24. The minimum atomic E-state index is -1.33. The average molecular weight is 345 g/mol. The normalized spacial score (nSPS) is 15.5. The predicted molar refractivity (Wildman–Crippen MR) is 90.4 cm³/mol. The summed E-state index contributed by atoms with van der Waals surface area (Å²) in [5.74, 6) is -0.827. The number of nitrogens with zero attached hydrogens (tertiary/aromatic N) is 1. The number of methoxy groups -OCH3 is 1. The Morgan fingerprint density at radius 3 is 2.33 bits per heavy atom. The molecule has 7 nitrogen and oxygen atoms in total. The highest BCUT2D eigenvalue weighted by molar-refractivity contribution is 5.85. The molecule has 138 valence electrons. The molecule has 24 heavy (non-hydrogen) atoms. The van der Waals surface area contributed by atoms with Gasteiger partial charge in [0.2, 0.25) is 0 Å². The minimum absolute atomic E-state index is 0.137. The molecule has 0 aromatic heterocycles. The molecular formula is C16H28FN3O4. The molecule has 0 radical (unpaired) electrons. The van der Waals surface area contributed by atoms with Crippen molar-refractivity contribution >= 4 is 17.9 Å². The quantitative estimate of drug-likeness (QED) is 0.419. The largest absolute Gasteiger partial charge is 0.467 e. The van der Waals surface area contributed by atoms with Gasteiger partial charge < -0.3 is 20.5 Å². The van der Waals surface area contributed by atoms with E-state index < -0.39 is 29.0 Å². The van der Waals surface area contributed by atoms with Crippen molar-refractivity contribution in [3.05, 3.63) is 11.9 Å². The van der Waals surface area contributed by atoms with Crippen molar-refractivity contribution in [1.82, 2.24) is 5.32 Å². The number of nitrogens with one attached hydrogen (secondary N) is 1. The number of hydrogen-bond acceptors (Lipinski definition) is 5. The van der Waals surface area contributed by atoms with Crippen LogP contribution in [0, 0.1) is 0 Å². The van der Waals surface area contributed by atoms with Crippen molar-refractivity contribution in [2.75, 3.05) is 13.7 Å². The standard InChI is InChI=1S/C16H28FN3O4/c1-11(18)19-10-12(17)8-7-9-16(5,13(21)23-6)20-14(22)24-15(2,3)4/h8H,7,9-10H2,1-6H3,(H2,18,19)(H,20,22). The smallest absolute Gasteiger partial charge is 0.408 e. The van der Waals surface area contributed by atoms with Crippen LogP contribution in [0.4, 0.5) is 9.18 Å². The van der Waals surface area contributed by atoms with E-state index in [2.05, 4.69) is 10.3 Å². The third-order valence-corrected chi connectivity index (χ3v) is 2.90. The van der Waals surface area contributed by atoms with Crippen LogP contribution in [0.5, 0.6) is 0 Å². The number of amidine groups is 1. The molecule has 0 aliphatic rings. The molecule has 0 aromatic carbocycles. The fourth-order valence-electron chi connectivity index (χ4n) is 1.75. The van der Waals surface area contributed by atoms with Crippen molar-refractivity contribution in [3.8, 4) is 0 Å². The highest BCUT2D eigenvalue weighted by atomic mass is 19.1. The van der Waals surface area contributed by atoms with E-state index in [1.165, 1.54) is 20.1 Å². The number of carbonyl (C=O) groups excluding carboxylic acids is 2. The van der Waals surface area contributed by atoms with Crippen molar-refractivity contribution in [1.29, 1.82) is 0 Å². The Kier molecular flexibility index (Phi) is 8.43. The highest BCUT2D eigenvalue weighted by Gasteiger charge is 2.36. The van der Waals surface area contributed by atoms with Gasteiger partial charge in [0.05, 0.1) is 19.5 Å². The van der Waals surface area contributed by atoms with Gasteiger partial charge in [-0.2, -0.15) is 0 Å². The lowest BCUT2D eigenvalue weighted by atomic mass is 9.96. The summed E-state index contributed by atoms with van der Waals surface area (Å²) in [5.41, 5.74) is 3.30. The summed E-state index contributed by atoms with van der Waals surface area (Å²) in [7, 11) is 1.21. The molecule has 0 saturated carbocycles. The summed E-state index contributed by atoms with van der Waals surface area (Å²) < 4.78 is 23.4. The third-order valence-electron chi connectivity index (χ3n) is 2.90. The Labute approximate surface area is 142 Å². The molecule has 0 aromatic rings. The van der Waals surface area contributed by atoms with E-state index in [0.717, 1.165) is 0 Å². The molecule has 0 aliphatic carbocycles. The lowest BCUT2D eigenvalue weighted by molar-refractivity contribution is -0.148. The van der Waals surface area contributed by atoms with Gasteiger partial charge in [-0.3, -0.25) is 4.99 Å². The molecule has 0 spiro atoms. The summed E-state index contributed by atoms with van der Waals surface area (Å²) >= 11 is 0. The molecule has 0 heterocycles. The number of ether oxygens (including phenoxy) is 2. The Bertz CT molecular complexity index is 508. The Morgan fingerprint density at radius 2 is 1.88 bits per heavy atom. The van der Waals surface area contributed by atoms with Crippen LogP contribution in [-0.2, 0) is 14.3 Å². The third kappa shape index (κ3) is 9.12. The molecule has 0 bridgehead atoms. The van der Waals surface area contributed by atoms with Crippen LogP contribution in [0.3, 0.4) is 0 Å². The Hall–Kier alpha value is -2.12. The zero-order valence-corrected chi connectivity index (χ0v) is 15.2. The number of halogens is 1. The lowest BCUT2D eigenvalue weighted by Gasteiger charge is -2.29. The monoisotopic (exact) mass is 345 g/mol. The summed E-state index contributed by atoms with van der Waals surface area (Å²) in [6.07, 6.45) is 0.886. The second-order valence-corrected chi connectivity index (χ2v) is 6.60. The van der Waals surface area contributed by atoms with Gasteiger partial charge in [0.15, 0.2) is 0 Å². The summed E-state index contributed by atoms with van der Waals surface area (Å²) in [6.45, 7) is 8.03. The van der Waals surface area contributed by atoms with E-state index in [1.54, 1.807) is 27.7 Å². The zero-order valence-electron chi connectivity index (χ0n) is 15.2. The predicted octanol–water partition coefficient (Wildman–Crippen LogP) is 2.45. The van der Waals surface area contributed by atoms with Crippen LogP contribution in [-0.4, -0.2) is 42.7 Å². The maximum absolute atomic E-state index is 13.6. The van der Waals surface area contributed by atoms with Crippen LogP contribution >= 0.6 is 0 Å². The zero-order chi connectivity index (χ0) is 19.0. The minimum Gasteiger partial charge on any atom is -0.467 e. The second-order valence-electron chi connectivity index (χ2n) is 6.60. The number of alkyl carbamates (subject to hydrolysis) is 1. The number of hydrogen-bond donors (Lipinski definition) is 2. The highest BCUT2D eigenvalue weighted by Crippen LogP contribution is 2.18. The number of allylic oxidation sites excluding steroid dienone is 1. The van der Waals surface area contributed by atoms with E-state index in [9.17, 15) is 14.0 Å². The van der Waals surface area contributed by atoms with E-state index in [4.69, 9.17) is 15.2 Å². The van der Waals surface area contributed by atoms with Crippen LogP contribution < -0.4 is 11.1 Å². The summed E-state index contributed by atoms with van der Waals surface area (Å²) in [6, 6.07) is 0. The molecule has 8 heteroatoms. The first-order valence-electron chi connectivity index (χ1n) is 7.60. The van der Waals surface area contributed by atoms with Crippen LogP contribution in [0.1, 0.15) is 47.5 Å². The van der Waals surface area contributed by atoms with Gasteiger partial charge in [0.1, 0.15) is 17.0 Å². The van der Waals surface area contributed by atoms with Crippen molar-refractivity contribution in [2.24, 2.45) is 10.7 Å².